The van der Waals surface area contributed by atoms with Gasteiger partial charge >= 0.3 is 0 Å². The Kier molecular flexibility index (Phi) is 7.09. The molecule has 2 aromatic carbocycles. The van der Waals surface area contributed by atoms with E-state index >= 15 is 0 Å². The van der Waals surface area contributed by atoms with E-state index < -0.39 is 0 Å². The Bertz CT molecular complexity index is 479. The van der Waals surface area contributed by atoms with Gasteiger partial charge in [0.15, 0.2) is 0 Å². The van der Waals surface area contributed by atoms with E-state index in [0.29, 0.717) is 0 Å². The van der Waals surface area contributed by atoms with E-state index in [1.807, 2.05) is 0 Å². The highest BCUT2D eigenvalue weighted by atomic mass is 127. The molecule has 0 amide bonds. The molecule has 0 aromatic heterocycles. The Balaban J connectivity index is 1.51. The summed E-state index contributed by atoms with van der Waals surface area (Å²) in [6.07, 6.45) is 4.77. The van der Waals surface area contributed by atoms with Crippen LogP contribution in [0.4, 0.5) is 0 Å². The first kappa shape index (κ1) is 15.5. The molecule has 0 bridgehead atoms. The minimum atomic E-state index is 1.11. The third-order valence-electron chi connectivity index (χ3n) is 3.39. The molecule has 0 atom stereocenters. The molecule has 0 saturated heterocycles. The molecule has 0 fully saturated rings. The topological polar surface area (TPSA) is 12.0 Å². The van der Waals surface area contributed by atoms with Crippen LogP contribution >= 0.6 is 22.6 Å². The summed E-state index contributed by atoms with van der Waals surface area (Å²) in [4.78, 5) is 0. The van der Waals surface area contributed by atoms with E-state index in [9.17, 15) is 0 Å². The summed E-state index contributed by atoms with van der Waals surface area (Å²) in [6, 6.07) is 19.5. The summed E-state index contributed by atoms with van der Waals surface area (Å²) in [7, 11) is 0. The van der Waals surface area contributed by atoms with Crippen molar-refractivity contribution < 1.29 is 0 Å². The van der Waals surface area contributed by atoms with E-state index in [1.54, 1.807) is 0 Å². The molecule has 2 rings (SSSR count). The van der Waals surface area contributed by atoms with E-state index in [2.05, 4.69) is 82.5 Å². The molecule has 2 aromatic rings. The molecule has 1 nitrogen and oxygen atoms in total. The molecule has 106 valence electrons. The number of benzene rings is 2. The van der Waals surface area contributed by atoms with Gasteiger partial charge in [-0.25, -0.2) is 0 Å². The molecule has 0 radical (unpaired) electrons. The summed E-state index contributed by atoms with van der Waals surface area (Å²) >= 11 is 2.35. The molecule has 0 aliphatic heterocycles. The largest absolute Gasteiger partial charge is 0.317 e. The van der Waals surface area contributed by atoms with Crippen LogP contribution in [0.3, 0.4) is 0 Å². The van der Waals surface area contributed by atoms with Gasteiger partial charge in [-0.2, -0.15) is 0 Å². The molecule has 0 aliphatic carbocycles. The highest BCUT2D eigenvalue weighted by Crippen LogP contribution is 2.08. The van der Waals surface area contributed by atoms with Crippen molar-refractivity contribution in [3.8, 4) is 0 Å². The highest BCUT2D eigenvalue weighted by Gasteiger charge is 1.95. The van der Waals surface area contributed by atoms with Crippen LogP contribution in [0.1, 0.15) is 24.0 Å². The maximum Gasteiger partial charge on any atom is 0.0130 e. The van der Waals surface area contributed by atoms with E-state index in [4.69, 9.17) is 0 Å². The Labute approximate surface area is 135 Å². The van der Waals surface area contributed by atoms with Crippen LogP contribution in [0.25, 0.3) is 0 Å². The predicted molar refractivity (Wildman–Crippen MR) is 95.1 cm³/mol. The minimum absolute atomic E-state index is 1.11. The average molecular weight is 379 g/mol. The van der Waals surface area contributed by atoms with Crippen molar-refractivity contribution in [1.29, 1.82) is 0 Å². The van der Waals surface area contributed by atoms with Gasteiger partial charge in [0.25, 0.3) is 0 Å². The van der Waals surface area contributed by atoms with Gasteiger partial charge in [0.2, 0.25) is 0 Å². The van der Waals surface area contributed by atoms with Crippen molar-refractivity contribution in [2.24, 2.45) is 0 Å². The first-order valence-electron chi connectivity index (χ1n) is 7.34. The zero-order valence-electron chi connectivity index (χ0n) is 11.8. The van der Waals surface area contributed by atoms with Gasteiger partial charge in [-0.15, -0.1) is 0 Å². The van der Waals surface area contributed by atoms with Crippen LogP contribution in [-0.2, 0) is 12.8 Å². The SMILES string of the molecule is Ic1ccc(CCCNCCCc2ccccc2)cc1. The predicted octanol–water partition coefficient (Wildman–Crippen LogP) is 4.45. The van der Waals surface area contributed by atoms with Gasteiger partial charge in [-0.3, -0.25) is 0 Å². The molecule has 20 heavy (non-hydrogen) atoms. The highest BCUT2D eigenvalue weighted by molar-refractivity contribution is 14.1. The van der Waals surface area contributed by atoms with Crippen molar-refractivity contribution in [2.45, 2.75) is 25.7 Å². The van der Waals surface area contributed by atoms with E-state index in [-0.39, 0.29) is 0 Å². The molecule has 0 heterocycles. The number of hydrogen-bond donors (Lipinski definition) is 1. The Morgan fingerprint density at radius 2 is 1.25 bits per heavy atom. The monoisotopic (exact) mass is 379 g/mol. The number of aryl methyl sites for hydroxylation is 2. The summed E-state index contributed by atoms with van der Waals surface area (Å²) in [5.41, 5.74) is 2.88. The van der Waals surface area contributed by atoms with Gasteiger partial charge in [-0.05, 0) is 84.6 Å². The third kappa shape index (κ3) is 6.06. The first-order valence-corrected chi connectivity index (χ1v) is 8.41. The Morgan fingerprint density at radius 3 is 1.85 bits per heavy atom. The standard InChI is InChI=1S/C18H22IN/c19-18-12-10-17(11-13-18)9-5-15-20-14-4-8-16-6-2-1-3-7-16/h1-3,6-7,10-13,20H,4-5,8-9,14-15H2. The maximum absolute atomic E-state index is 3.54. The molecular weight excluding hydrogens is 357 g/mol. The van der Waals surface area contributed by atoms with Crippen molar-refractivity contribution in [3.05, 3.63) is 69.3 Å². The van der Waals surface area contributed by atoms with Crippen molar-refractivity contribution in [1.82, 2.24) is 5.32 Å². The molecule has 1 N–H and O–H groups in total. The zero-order chi connectivity index (χ0) is 14.0. The van der Waals surface area contributed by atoms with Crippen molar-refractivity contribution in [3.63, 3.8) is 0 Å². The van der Waals surface area contributed by atoms with Gasteiger partial charge in [-0.1, -0.05) is 42.5 Å². The lowest BCUT2D eigenvalue weighted by Gasteiger charge is -2.05. The van der Waals surface area contributed by atoms with Crippen LogP contribution in [0.5, 0.6) is 0 Å². The second kappa shape index (κ2) is 9.14. The third-order valence-corrected chi connectivity index (χ3v) is 4.11. The average Bonchev–Trinajstić information content (AvgIpc) is 2.49. The lowest BCUT2D eigenvalue weighted by molar-refractivity contribution is 0.622. The van der Waals surface area contributed by atoms with Gasteiger partial charge in [0.05, 0.1) is 0 Å². The summed E-state index contributed by atoms with van der Waals surface area (Å²) in [5, 5.41) is 3.54. The van der Waals surface area contributed by atoms with Crippen LogP contribution in [-0.4, -0.2) is 13.1 Å². The zero-order valence-corrected chi connectivity index (χ0v) is 14.0. The van der Waals surface area contributed by atoms with Crippen LogP contribution in [0, 0.1) is 3.57 Å². The molecule has 0 saturated carbocycles. The fourth-order valence-corrected chi connectivity index (χ4v) is 2.62. The van der Waals surface area contributed by atoms with Crippen LogP contribution < -0.4 is 5.32 Å². The normalized spacial score (nSPS) is 10.7. The van der Waals surface area contributed by atoms with E-state index in [1.165, 1.54) is 40.4 Å². The van der Waals surface area contributed by atoms with Gasteiger partial charge < -0.3 is 5.32 Å². The van der Waals surface area contributed by atoms with Crippen molar-refractivity contribution >= 4 is 22.6 Å². The van der Waals surface area contributed by atoms with Crippen LogP contribution in [0.15, 0.2) is 54.6 Å². The molecule has 0 unspecified atom stereocenters. The second-order valence-corrected chi connectivity index (χ2v) is 6.31. The lowest BCUT2D eigenvalue weighted by Crippen LogP contribution is -2.17. The van der Waals surface area contributed by atoms with Gasteiger partial charge in [0.1, 0.15) is 0 Å². The minimum Gasteiger partial charge on any atom is -0.317 e. The number of halogens is 1. The first-order chi connectivity index (χ1) is 9.84. The van der Waals surface area contributed by atoms with Crippen LogP contribution in [0.2, 0.25) is 0 Å². The molecule has 0 spiro atoms. The Morgan fingerprint density at radius 1 is 0.700 bits per heavy atom. The molecule has 0 aliphatic rings. The number of nitrogens with one attached hydrogen (secondary N) is 1. The quantitative estimate of drug-likeness (QED) is 0.528. The van der Waals surface area contributed by atoms with Crippen molar-refractivity contribution in [2.75, 3.05) is 13.1 Å². The second-order valence-electron chi connectivity index (χ2n) is 5.07. The smallest absolute Gasteiger partial charge is 0.0130 e. The summed E-state index contributed by atoms with van der Waals surface area (Å²) in [5.74, 6) is 0. The van der Waals surface area contributed by atoms with E-state index in [0.717, 1.165) is 13.1 Å². The molecular formula is C18H22IN. The summed E-state index contributed by atoms with van der Waals surface area (Å²) in [6.45, 7) is 2.22. The summed E-state index contributed by atoms with van der Waals surface area (Å²) < 4.78 is 1.31. The maximum atomic E-state index is 3.54. The lowest BCUT2D eigenvalue weighted by atomic mass is 10.1. The fourth-order valence-electron chi connectivity index (χ4n) is 2.26. The fraction of sp³-hybridized carbons (Fsp3) is 0.333. The molecule has 2 heteroatoms. The van der Waals surface area contributed by atoms with Gasteiger partial charge in [0, 0.05) is 3.57 Å². The number of rotatable bonds is 8. The number of hydrogen-bond acceptors (Lipinski definition) is 1. The Hall–Kier alpha value is -0.870.